The highest BCUT2D eigenvalue weighted by Crippen LogP contribution is 2.27. The van der Waals surface area contributed by atoms with Gasteiger partial charge in [0, 0.05) is 40.2 Å². The lowest BCUT2D eigenvalue weighted by Crippen LogP contribution is -2.34. The van der Waals surface area contributed by atoms with Gasteiger partial charge in [-0.2, -0.15) is 0 Å². The summed E-state index contributed by atoms with van der Waals surface area (Å²) in [6, 6.07) is 12.4. The van der Waals surface area contributed by atoms with Crippen LogP contribution >= 0.6 is 28.1 Å². The molecule has 154 valence electrons. The highest BCUT2D eigenvalue weighted by Gasteiger charge is 2.14. The van der Waals surface area contributed by atoms with E-state index in [2.05, 4.69) is 36.5 Å². The van der Waals surface area contributed by atoms with E-state index in [1.54, 1.807) is 30.6 Å². The number of benzene rings is 2. The molecule has 0 unspecified atom stereocenters. The van der Waals surface area contributed by atoms with E-state index >= 15 is 0 Å². The Morgan fingerprint density at radius 2 is 2.00 bits per heavy atom. The Labute approximate surface area is 188 Å². The molecule has 1 amide bonds. The Balaban J connectivity index is 1.48. The summed E-state index contributed by atoms with van der Waals surface area (Å²) < 4.78 is 6.57. The van der Waals surface area contributed by atoms with Crippen LogP contribution in [0.2, 0.25) is 0 Å². The normalized spacial score (nSPS) is 10.6. The molecule has 2 aromatic heterocycles. The summed E-state index contributed by atoms with van der Waals surface area (Å²) in [6.07, 6.45) is 3.31. The fraction of sp³-hybridized carbons (Fsp3) is 0. The van der Waals surface area contributed by atoms with E-state index in [0.29, 0.717) is 22.7 Å². The van der Waals surface area contributed by atoms with Crippen LogP contribution in [0, 0.1) is 10.1 Å². The third-order valence-corrected chi connectivity index (χ3v) is 4.78. The molecular formula is C20H12BrN5O4S. The van der Waals surface area contributed by atoms with Crippen LogP contribution < -0.4 is 10.6 Å². The van der Waals surface area contributed by atoms with E-state index < -0.39 is 10.8 Å². The van der Waals surface area contributed by atoms with Crippen molar-refractivity contribution >= 4 is 61.6 Å². The molecule has 11 heteroatoms. The van der Waals surface area contributed by atoms with E-state index in [-0.39, 0.29) is 16.4 Å². The maximum absolute atomic E-state index is 12.3. The number of halogens is 1. The van der Waals surface area contributed by atoms with Crippen molar-refractivity contribution in [2.24, 2.45) is 0 Å². The van der Waals surface area contributed by atoms with Gasteiger partial charge in [0.25, 0.3) is 11.6 Å². The Morgan fingerprint density at radius 3 is 2.77 bits per heavy atom. The van der Waals surface area contributed by atoms with E-state index in [4.69, 9.17) is 16.6 Å². The lowest BCUT2D eigenvalue weighted by Gasteiger charge is -2.09. The zero-order valence-electron chi connectivity index (χ0n) is 15.5. The van der Waals surface area contributed by atoms with Gasteiger partial charge in [0.1, 0.15) is 5.52 Å². The molecule has 0 radical (unpaired) electrons. The maximum Gasteiger partial charge on any atom is 0.270 e. The molecule has 31 heavy (non-hydrogen) atoms. The van der Waals surface area contributed by atoms with E-state index in [1.165, 1.54) is 24.3 Å². The minimum Gasteiger partial charge on any atom is -0.436 e. The number of hydrogen-bond donors (Lipinski definition) is 2. The SMILES string of the molecule is O=C(NC(=S)Nc1ccc2oc(-c3cncc(Br)c3)nc2c1)c1cccc([N+](=O)[O-])c1. The molecule has 2 aromatic carbocycles. The second-order valence-electron chi connectivity index (χ2n) is 6.31. The van der Waals surface area contributed by atoms with Gasteiger partial charge in [-0.3, -0.25) is 25.2 Å². The molecule has 0 aliphatic carbocycles. The zero-order valence-corrected chi connectivity index (χ0v) is 17.9. The first kappa shape index (κ1) is 20.6. The second-order valence-corrected chi connectivity index (χ2v) is 7.63. The molecule has 0 atom stereocenters. The Bertz CT molecular complexity index is 1340. The zero-order chi connectivity index (χ0) is 22.0. The van der Waals surface area contributed by atoms with Crippen molar-refractivity contribution in [2.45, 2.75) is 0 Å². The van der Waals surface area contributed by atoms with Gasteiger partial charge >= 0.3 is 0 Å². The number of anilines is 1. The van der Waals surface area contributed by atoms with Crippen molar-refractivity contribution in [3.05, 3.63) is 81.1 Å². The first-order valence-corrected chi connectivity index (χ1v) is 9.97. The standard InChI is InChI=1S/C20H12BrN5O4S/c21-13-6-12(9-22-10-13)19-24-16-8-14(4-5-17(16)30-19)23-20(31)25-18(27)11-2-1-3-15(7-11)26(28)29/h1-10H,(H2,23,25,27,31). The van der Waals surface area contributed by atoms with Gasteiger partial charge in [0.15, 0.2) is 10.7 Å². The summed E-state index contributed by atoms with van der Waals surface area (Å²) in [5.41, 5.74) is 2.42. The number of carbonyl (C=O) groups excluding carboxylic acids is 1. The average Bonchev–Trinajstić information content (AvgIpc) is 3.17. The van der Waals surface area contributed by atoms with Crippen LogP contribution in [0.3, 0.4) is 0 Å². The molecule has 0 aliphatic rings. The number of nitrogens with one attached hydrogen (secondary N) is 2. The molecule has 0 bridgehead atoms. The lowest BCUT2D eigenvalue weighted by molar-refractivity contribution is -0.384. The fourth-order valence-corrected chi connectivity index (χ4v) is 3.33. The number of rotatable bonds is 4. The monoisotopic (exact) mass is 497 g/mol. The summed E-state index contributed by atoms with van der Waals surface area (Å²) >= 11 is 8.55. The molecule has 0 saturated heterocycles. The number of nitrogens with zero attached hydrogens (tertiary/aromatic N) is 3. The van der Waals surface area contributed by atoms with Crippen molar-refractivity contribution in [2.75, 3.05) is 5.32 Å². The predicted octanol–water partition coefficient (Wildman–Crippen LogP) is 4.69. The largest absolute Gasteiger partial charge is 0.436 e. The number of nitro benzene ring substituents is 1. The van der Waals surface area contributed by atoms with Crippen molar-refractivity contribution in [1.29, 1.82) is 0 Å². The minimum absolute atomic E-state index is 0.0377. The molecule has 2 N–H and O–H groups in total. The molecule has 0 fully saturated rings. The number of fused-ring (bicyclic) bond motifs is 1. The fourth-order valence-electron chi connectivity index (χ4n) is 2.76. The number of thiocarbonyl (C=S) groups is 1. The van der Waals surface area contributed by atoms with Crippen molar-refractivity contribution in [3.8, 4) is 11.5 Å². The number of non-ortho nitro benzene ring substituents is 1. The highest BCUT2D eigenvalue weighted by atomic mass is 79.9. The van der Waals surface area contributed by atoms with Crippen molar-refractivity contribution in [1.82, 2.24) is 15.3 Å². The number of oxazole rings is 1. The van der Waals surface area contributed by atoms with Gasteiger partial charge < -0.3 is 9.73 Å². The van der Waals surface area contributed by atoms with E-state index in [9.17, 15) is 14.9 Å². The van der Waals surface area contributed by atoms with Crippen LogP contribution in [0.4, 0.5) is 11.4 Å². The maximum atomic E-state index is 12.3. The highest BCUT2D eigenvalue weighted by molar-refractivity contribution is 9.10. The average molecular weight is 498 g/mol. The molecule has 4 rings (SSSR count). The van der Waals surface area contributed by atoms with Crippen LogP contribution in [0.5, 0.6) is 0 Å². The molecule has 0 saturated carbocycles. The molecule has 2 heterocycles. The van der Waals surface area contributed by atoms with Gasteiger partial charge in [-0.1, -0.05) is 6.07 Å². The second kappa shape index (κ2) is 8.58. The minimum atomic E-state index is -0.570. The summed E-state index contributed by atoms with van der Waals surface area (Å²) in [5.74, 6) is -0.143. The van der Waals surface area contributed by atoms with Gasteiger partial charge in [-0.15, -0.1) is 0 Å². The lowest BCUT2D eigenvalue weighted by atomic mass is 10.2. The Morgan fingerprint density at radius 1 is 1.16 bits per heavy atom. The number of pyridine rings is 1. The Hall–Kier alpha value is -3.70. The molecule has 9 nitrogen and oxygen atoms in total. The predicted molar refractivity (Wildman–Crippen MR) is 122 cm³/mol. The van der Waals surface area contributed by atoms with Gasteiger partial charge in [-0.05, 0) is 58.5 Å². The van der Waals surface area contributed by atoms with Crippen LogP contribution in [-0.4, -0.2) is 25.9 Å². The van der Waals surface area contributed by atoms with Gasteiger partial charge in [0.05, 0.1) is 10.5 Å². The number of hydrogen-bond acceptors (Lipinski definition) is 7. The number of amides is 1. The van der Waals surface area contributed by atoms with Crippen LogP contribution in [-0.2, 0) is 0 Å². The summed E-state index contributed by atoms with van der Waals surface area (Å²) in [5, 5.41) is 16.3. The molecule has 4 aromatic rings. The molecular weight excluding hydrogens is 486 g/mol. The first-order chi connectivity index (χ1) is 14.9. The quantitative estimate of drug-likeness (QED) is 0.236. The van der Waals surface area contributed by atoms with Gasteiger partial charge in [0.2, 0.25) is 5.89 Å². The molecule has 0 spiro atoms. The topological polar surface area (TPSA) is 123 Å². The van der Waals surface area contributed by atoms with E-state index in [0.717, 1.165) is 10.0 Å². The third kappa shape index (κ3) is 4.73. The van der Waals surface area contributed by atoms with E-state index in [1.807, 2.05) is 6.07 Å². The third-order valence-electron chi connectivity index (χ3n) is 4.14. The first-order valence-electron chi connectivity index (χ1n) is 8.77. The number of aromatic nitrogens is 2. The summed E-state index contributed by atoms with van der Waals surface area (Å²) in [6.45, 7) is 0. The smallest absolute Gasteiger partial charge is 0.270 e. The van der Waals surface area contributed by atoms with Crippen LogP contribution in [0.1, 0.15) is 10.4 Å². The molecule has 0 aliphatic heterocycles. The summed E-state index contributed by atoms with van der Waals surface area (Å²) in [7, 11) is 0. The van der Waals surface area contributed by atoms with Crippen molar-refractivity contribution in [3.63, 3.8) is 0 Å². The summed E-state index contributed by atoms with van der Waals surface area (Å²) in [4.78, 5) is 31.2. The Kier molecular flexibility index (Phi) is 5.69. The van der Waals surface area contributed by atoms with Crippen LogP contribution in [0.15, 0.2) is 69.8 Å². The van der Waals surface area contributed by atoms with Gasteiger partial charge in [-0.25, -0.2) is 4.98 Å². The number of carbonyl (C=O) groups is 1. The number of nitro groups is 1. The van der Waals surface area contributed by atoms with Crippen molar-refractivity contribution < 1.29 is 14.1 Å². The van der Waals surface area contributed by atoms with Crippen LogP contribution in [0.25, 0.3) is 22.6 Å².